The number of nitrogens with two attached hydrogens (primary N) is 1. The number of carbonyl (C=O) groups excluding carboxylic acids is 1. The molecular formula is C29H37N3O. The van der Waals surface area contributed by atoms with Gasteiger partial charge in [0.2, 0.25) is 5.91 Å². The van der Waals surface area contributed by atoms with Crippen molar-refractivity contribution in [2.75, 3.05) is 0 Å². The second-order valence-electron chi connectivity index (χ2n) is 10.2. The van der Waals surface area contributed by atoms with E-state index < -0.39 is 5.54 Å². The molecule has 2 fully saturated rings. The summed E-state index contributed by atoms with van der Waals surface area (Å²) in [6.07, 6.45) is 12.5. The molecule has 2 aliphatic rings. The summed E-state index contributed by atoms with van der Waals surface area (Å²) in [6.45, 7) is 2.18. The Balaban J connectivity index is 1.80. The highest BCUT2D eigenvalue weighted by Gasteiger charge is 2.53. The van der Waals surface area contributed by atoms with Crippen molar-refractivity contribution in [2.24, 2.45) is 17.6 Å². The van der Waals surface area contributed by atoms with Crippen molar-refractivity contribution in [3.63, 3.8) is 0 Å². The first-order valence-electron chi connectivity index (χ1n) is 13.0. The van der Waals surface area contributed by atoms with Gasteiger partial charge in [0, 0.05) is 5.56 Å². The van der Waals surface area contributed by atoms with Crippen LogP contribution in [0, 0.1) is 11.8 Å². The van der Waals surface area contributed by atoms with Gasteiger partial charge in [0.1, 0.15) is 11.4 Å². The highest BCUT2D eigenvalue weighted by molar-refractivity contribution is 5.89. The largest absolute Gasteiger partial charge is 0.368 e. The molecule has 2 aliphatic carbocycles. The molecule has 4 nitrogen and oxygen atoms in total. The van der Waals surface area contributed by atoms with Crippen molar-refractivity contribution < 1.29 is 4.79 Å². The number of primary amides is 1. The normalized spacial score (nSPS) is 18.6. The quantitative estimate of drug-likeness (QED) is 0.466. The molecule has 0 atom stereocenters. The fourth-order valence-electron chi connectivity index (χ4n) is 6.78. The Kier molecular flexibility index (Phi) is 6.27. The van der Waals surface area contributed by atoms with Gasteiger partial charge in [-0.15, -0.1) is 0 Å². The van der Waals surface area contributed by atoms with Crippen molar-refractivity contribution in [3.8, 4) is 11.4 Å². The molecule has 33 heavy (non-hydrogen) atoms. The molecule has 1 heterocycles. The second kappa shape index (κ2) is 9.32. The van der Waals surface area contributed by atoms with Crippen molar-refractivity contribution >= 4 is 16.9 Å². The minimum Gasteiger partial charge on any atom is -0.368 e. The molecule has 0 bridgehead atoms. The van der Waals surface area contributed by atoms with Crippen LogP contribution in [-0.4, -0.2) is 15.5 Å². The third kappa shape index (κ3) is 3.78. The summed E-state index contributed by atoms with van der Waals surface area (Å²) < 4.78 is 2.32. The summed E-state index contributed by atoms with van der Waals surface area (Å²) in [5, 5.41) is 0. The topological polar surface area (TPSA) is 60.9 Å². The molecule has 1 amide bonds. The van der Waals surface area contributed by atoms with Crippen LogP contribution in [0.2, 0.25) is 0 Å². The number of rotatable bonds is 6. The van der Waals surface area contributed by atoms with E-state index in [-0.39, 0.29) is 17.7 Å². The number of para-hydroxylation sites is 2. The molecule has 5 rings (SSSR count). The fraction of sp³-hybridized carbons (Fsp3) is 0.517. The highest BCUT2D eigenvalue weighted by Crippen LogP contribution is 2.50. The van der Waals surface area contributed by atoms with Crippen molar-refractivity contribution in [2.45, 2.75) is 83.1 Å². The predicted octanol–water partition coefficient (Wildman–Crippen LogP) is 6.61. The maximum Gasteiger partial charge on any atom is 0.244 e. The number of fused-ring (bicyclic) bond motifs is 1. The minimum atomic E-state index is -0.726. The van der Waals surface area contributed by atoms with E-state index in [1.54, 1.807) is 0 Å². The van der Waals surface area contributed by atoms with Crippen molar-refractivity contribution in [3.05, 3.63) is 54.1 Å². The Hall–Kier alpha value is -2.62. The molecule has 2 saturated carbocycles. The molecule has 2 N–H and O–H groups in total. The van der Waals surface area contributed by atoms with E-state index in [0.717, 1.165) is 54.5 Å². The SMILES string of the molecule is CCc1ccc(-c2nc3ccccc3n2C(C(N)=O)(C2CCCCC2)C2CCCCC2)cc1. The van der Waals surface area contributed by atoms with Gasteiger partial charge in [-0.05, 0) is 61.6 Å². The average molecular weight is 444 g/mol. The lowest BCUT2D eigenvalue weighted by Gasteiger charge is -2.48. The Morgan fingerprint density at radius 1 is 0.909 bits per heavy atom. The molecule has 2 aromatic carbocycles. The summed E-state index contributed by atoms with van der Waals surface area (Å²) in [4.78, 5) is 19.0. The van der Waals surface area contributed by atoms with Crippen LogP contribution >= 0.6 is 0 Å². The maximum atomic E-state index is 13.8. The molecule has 3 aromatic rings. The Bertz CT molecular complexity index is 1080. The van der Waals surface area contributed by atoms with Gasteiger partial charge < -0.3 is 10.3 Å². The summed E-state index contributed by atoms with van der Waals surface area (Å²) in [5.74, 6) is 1.26. The van der Waals surface area contributed by atoms with Crippen molar-refractivity contribution in [1.82, 2.24) is 9.55 Å². The summed E-state index contributed by atoms with van der Waals surface area (Å²) in [7, 11) is 0. The molecule has 0 saturated heterocycles. The van der Waals surface area contributed by atoms with Crippen LogP contribution in [0.3, 0.4) is 0 Å². The molecule has 0 spiro atoms. The van der Waals surface area contributed by atoms with E-state index in [1.165, 1.54) is 44.1 Å². The summed E-state index contributed by atoms with van der Waals surface area (Å²) in [5.41, 5.74) is 10.2. The van der Waals surface area contributed by atoms with Crippen LogP contribution < -0.4 is 5.73 Å². The van der Waals surface area contributed by atoms with Gasteiger partial charge >= 0.3 is 0 Å². The standard InChI is InChI=1S/C29H37N3O/c1-2-21-17-19-22(20-18-21)27-31-25-15-9-10-16-26(25)32(27)29(28(30)33,23-11-5-3-6-12-23)24-13-7-4-8-14-24/h9-10,15-20,23-24H,2-8,11-14H2,1H3,(H2,30,33). The van der Waals surface area contributed by atoms with Crippen LogP contribution in [0.15, 0.2) is 48.5 Å². The molecule has 0 aliphatic heterocycles. The number of aromatic nitrogens is 2. The van der Waals surface area contributed by atoms with Crippen LogP contribution in [-0.2, 0) is 16.8 Å². The smallest absolute Gasteiger partial charge is 0.244 e. The van der Waals surface area contributed by atoms with Gasteiger partial charge in [0.15, 0.2) is 0 Å². The van der Waals surface area contributed by atoms with Gasteiger partial charge in [0.25, 0.3) is 0 Å². The van der Waals surface area contributed by atoms with E-state index >= 15 is 0 Å². The third-order valence-corrected chi connectivity index (χ3v) is 8.40. The number of nitrogens with zero attached hydrogens (tertiary/aromatic N) is 2. The van der Waals surface area contributed by atoms with E-state index in [4.69, 9.17) is 10.7 Å². The van der Waals surface area contributed by atoms with E-state index in [9.17, 15) is 4.79 Å². The Morgan fingerprint density at radius 2 is 1.48 bits per heavy atom. The van der Waals surface area contributed by atoms with Gasteiger partial charge in [-0.3, -0.25) is 4.79 Å². The Morgan fingerprint density at radius 3 is 2.03 bits per heavy atom. The van der Waals surface area contributed by atoms with Gasteiger partial charge in [-0.2, -0.15) is 0 Å². The predicted molar refractivity (Wildman–Crippen MR) is 135 cm³/mol. The molecular weight excluding hydrogens is 406 g/mol. The van der Waals surface area contributed by atoms with Crippen LogP contribution in [0.1, 0.15) is 76.7 Å². The van der Waals surface area contributed by atoms with E-state index in [1.807, 2.05) is 6.07 Å². The highest BCUT2D eigenvalue weighted by atomic mass is 16.1. The minimum absolute atomic E-state index is 0.157. The monoisotopic (exact) mass is 443 g/mol. The first-order valence-corrected chi connectivity index (χ1v) is 13.0. The van der Waals surface area contributed by atoms with Gasteiger partial charge in [-0.25, -0.2) is 4.98 Å². The number of amides is 1. The first kappa shape index (κ1) is 22.2. The lowest BCUT2D eigenvalue weighted by molar-refractivity contribution is -0.135. The molecule has 1 aromatic heterocycles. The number of hydrogen-bond acceptors (Lipinski definition) is 2. The number of benzene rings is 2. The number of carbonyl (C=O) groups is 1. The molecule has 174 valence electrons. The average Bonchev–Trinajstić information content (AvgIpc) is 3.26. The van der Waals surface area contributed by atoms with Gasteiger partial charge in [-0.1, -0.05) is 81.8 Å². The van der Waals surface area contributed by atoms with E-state index in [0.29, 0.717) is 0 Å². The zero-order valence-corrected chi connectivity index (χ0v) is 19.9. The van der Waals surface area contributed by atoms with Crippen molar-refractivity contribution in [1.29, 1.82) is 0 Å². The zero-order chi connectivity index (χ0) is 22.8. The summed E-state index contributed by atoms with van der Waals surface area (Å²) >= 11 is 0. The number of aryl methyl sites for hydroxylation is 1. The van der Waals surface area contributed by atoms with Crippen LogP contribution in [0.4, 0.5) is 0 Å². The second-order valence-corrected chi connectivity index (χ2v) is 10.2. The lowest BCUT2D eigenvalue weighted by atomic mass is 9.63. The number of imidazole rings is 1. The van der Waals surface area contributed by atoms with Gasteiger partial charge in [0.05, 0.1) is 11.0 Å². The maximum absolute atomic E-state index is 13.8. The molecule has 0 radical (unpaired) electrons. The fourth-order valence-corrected chi connectivity index (χ4v) is 6.78. The van der Waals surface area contributed by atoms with Crippen LogP contribution in [0.5, 0.6) is 0 Å². The third-order valence-electron chi connectivity index (χ3n) is 8.40. The van der Waals surface area contributed by atoms with Crippen LogP contribution in [0.25, 0.3) is 22.4 Å². The number of hydrogen-bond donors (Lipinski definition) is 1. The molecule has 4 heteroatoms. The zero-order valence-electron chi connectivity index (χ0n) is 19.9. The van der Waals surface area contributed by atoms with E-state index in [2.05, 4.69) is 54.0 Å². The summed E-state index contributed by atoms with van der Waals surface area (Å²) in [6, 6.07) is 17.0. The first-order chi connectivity index (χ1) is 16.2. The molecule has 0 unspecified atom stereocenters. The Labute approximate surface area is 197 Å². The lowest BCUT2D eigenvalue weighted by Crippen LogP contribution is -2.58.